The Hall–Kier alpha value is -4.91. The fourth-order valence-electron chi connectivity index (χ4n) is 5.42. The molecular formula is C33H30N4O3. The number of carboxylic acid groups (broad SMARTS) is 1. The second-order valence-corrected chi connectivity index (χ2v) is 10.1. The number of carbonyl (C=O) groups is 1. The molecule has 2 aromatic heterocycles. The molecule has 0 aliphatic carbocycles. The number of fused-ring (bicyclic) bond motifs is 2. The maximum absolute atomic E-state index is 11.1. The lowest BCUT2D eigenvalue weighted by Crippen LogP contribution is -2.06. The summed E-state index contributed by atoms with van der Waals surface area (Å²) in [5, 5.41) is 9.11. The summed E-state index contributed by atoms with van der Waals surface area (Å²) in [6.07, 6.45) is 0.556. The van der Waals surface area contributed by atoms with Crippen molar-refractivity contribution in [2.24, 2.45) is 7.05 Å². The number of ether oxygens (including phenoxy) is 1. The highest BCUT2D eigenvalue weighted by molar-refractivity contribution is 5.87. The van der Waals surface area contributed by atoms with Crippen molar-refractivity contribution in [2.45, 2.75) is 33.2 Å². The van der Waals surface area contributed by atoms with Gasteiger partial charge in [-0.15, -0.1) is 0 Å². The Balaban J connectivity index is 1.40. The summed E-state index contributed by atoms with van der Waals surface area (Å²) in [5.41, 5.74) is 9.14. The first-order valence-corrected chi connectivity index (χ1v) is 13.4. The number of aryl methyl sites for hydroxylation is 3. The van der Waals surface area contributed by atoms with Crippen LogP contribution >= 0.6 is 0 Å². The lowest BCUT2D eigenvalue weighted by molar-refractivity contribution is 0.144. The summed E-state index contributed by atoms with van der Waals surface area (Å²) in [5.74, 6) is 2.31. The number of hydrogen-bond acceptors (Lipinski definition) is 4. The van der Waals surface area contributed by atoms with Crippen LogP contribution in [0.1, 0.15) is 30.3 Å². The van der Waals surface area contributed by atoms with E-state index < -0.39 is 6.16 Å². The van der Waals surface area contributed by atoms with Crippen LogP contribution < -0.4 is 4.74 Å². The normalized spacial score (nSPS) is 11.4. The lowest BCUT2D eigenvalue weighted by Gasteiger charge is -2.12. The van der Waals surface area contributed by atoms with Gasteiger partial charge in [-0.05, 0) is 60.4 Å². The summed E-state index contributed by atoms with van der Waals surface area (Å²) in [6, 6.07) is 27.9. The van der Waals surface area contributed by atoms with Crippen molar-refractivity contribution in [3.8, 4) is 28.3 Å². The zero-order valence-electron chi connectivity index (χ0n) is 22.8. The zero-order chi connectivity index (χ0) is 27.8. The van der Waals surface area contributed by atoms with E-state index in [4.69, 9.17) is 19.8 Å². The fraction of sp³-hybridized carbons (Fsp3) is 0.182. The molecule has 7 heteroatoms. The number of imidazole rings is 2. The van der Waals surface area contributed by atoms with Crippen LogP contribution in [0.25, 0.3) is 44.6 Å². The van der Waals surface area contributed by atoms with Crippen LogP contribution in [0, 0.1) is 6.92 Å². The van der Waals surface area contributed by atoms with Gasteiger partial charge in [0, 0.05) is 31.1 Å². The second kappa shape index (κ2) is 10.3. The van der Waals surface area contributed by atoms with E-state index in [0.717, 1.165) is 74.4 Å². The SMILES string of the molecule is CCCc1nc2c(C)cc(-c3nc4ccccc4n3C)cc2n1Cc1ccc(-c2ccccc2OC(=O)O)cc1. The molecule has 0 spiro atoms. The number of nitrogens with zero attached hydrogens (tertiary/aromatic N) is 4. The highest BCUT2D eigenvalue weighted by atomic mass is 16.7. The molecule has 0 atom stereocenters. The Kier molecular flexibility index (Phi) is 6.56. The van der Waals surface area contributed by atoms with E-state index in [9.17, 15) is 4.79 Å². The molecule has 0 fully saturated rings. The van der Waals surface area contributed by atoms with Gasteiger partial charge in [0.1, 0.15) is 17.4 Å². The van der Waals surface area contributed by atoms with Crippen LogP contribution in [-0.2, 0) is 20.0 Å². The molecule has 2 heterocycles. The molecule has 4 aromatic carbocycles. The molecule has 0 aliphatic rings. The number of rotatable bonds is 7. The van der Waals surface area contributed by atoms with Gasteiger partial charge < -0.3 is 19.0 Å². The van der Waals surface area contributed by atoms with Gasteiger partial charge >= 0.3 is 6.16 Å². The number of para-hydroxylation sites is 3. The number of benzene rings is 4. The van der Waals surface area contributed by atoms with E-state index in [1.54, 1.807) is 12.1 Å². The predicted octanol–water partition coefficient (Wildman–Crippen LogP) is 7.62. The van der Waals surface area contributed by atoms with Crippen LogP contribution in [0.15, 0.2) is 84.9 Å². The van der Waals surface area contributed by atoms with E-state index in [1.807, 2.05) is 42.5 Å². The minimum Gasteiger partial charge on any atom is -0.449 e. The van der Waals surface area contributed by atoms with Gasteiger partial charge in [-0.3, -0.25) is 0 Å². The van der Waals surface area contributed by atoms with Gasteiger partial charge in [0.2, 0.25) is 0 Å². The van der Waals surface area contributed by atoms with Crippen molar-refractivity contribution < 1.29 is 14.6 Å². The number of hydrogen-bond donors (Lipinski definition) is 1. The first kappa shape index (κ1) is 25.4. The van der Waals surface area contributed by atoms with E-state index in [2.05, 4.69) is 60.4 Å². The molecule has 0 amide bonds. The van der Waals surface area contributed by atoms with Crippen molar-refractivity contribution in [3.63, 3.8) is 0 Å². The monoisotopic (exact) mass is 530 g/mol. The van der Waals surface area contributed by atoms with Gasteiger partial charge in [0.15, 0.2) is 0 Å². The van der Waals surface area contributed by atoms with Crippen LogP contribution in [0.4, 0.5) is 4.79 Å². The third kappa shape index (κ3) is 4.60. The molecule has 0 unspecified atom stereocenters. The average Bonchev–Trinajstić information content (AvgIpc) is 3.47. The van der Waals surface area contributed by atoms with Crippen molar-refractivity contribution in [3.05, 3.63) is 102 Å². The van der Waals surface area contributed by atoms with Crippen molar-refractivity contribution in [1.82, 2.24) is 19.1 Å². The Morgan fingerprint density at radius 2 is 1.65 bits per heavy atom. The molecule has 0 saturated carbocycles. The molecule has 0 bridgehead atoms. The fourth-order valence-corrected chi connectivity index (χ4v) is 5.42. The van der Waals surface area contributed by atoms with Crippen molar-refractivity contribution in [2.75, 3.05) is 0 Å². The van der Waals surface area contributed by atoms with E-state index in [-0.39, 0.29) is 0 Å². The molecule has 0 saturated heterocycles. The van der Waals surface area contributed by atoms with E-state index in [0.29, 0.717) is 12.3 Å². The Morgan fingerprint density at radius 3 is 2.40 bits per heavy atom. The van der Waals surface area contributed by atoms with Crippen LogP contribution in [0.3, 0.4) is 0 Å². The quantitative estimate of drug-likeness (QED) is 0.170. The predicted molar refractivity (Wildman–Crippen MR) is 158 cm³/mol. The number of aromatic nitrogens is 4. The molecule has 6 rings (SSSR count). The summed E-state index contributed by atoms with van der Waals surface area (Å²) in [6.45, 7) is 4.96. The Morgan fingerprint density at radius 1 is 0.900 bits per heavy atom. The summed E-state index contributed by atoms with van der Waals surface area (Å²) < 4.78 is 9.45. The highest BCUT2D eigenvalue weighted by Crippen LogP contribution is 2.32. The molecule has 200 valence electrons. The third-order valence-corrected chi connectivity index (χ3v) is 7.33. The van der Waals surface area contributed by atoms with E-state index >= 15 is 0 Å². The van der Waals surface area contributed by atoms with Crippen LogP contribution in [-0.4, -0.2) is 30.4 Å². The molecule has 40 heavy (non-hydrogen) atoms. The molecule has 1 N–H and O–H groups in total. The van der Waals surface area contributed by atoms with E-state index in [1.165, 1.54) is 0 Å². The minimum atomic E-state index is -1.33. The summed E-state index contributed by atoms with van der Waals surface area (Å²) in [4.78, 5) is 21.1. The summed E-state index contributed by atoms with van der Waals surface area (Å²) >= 11 is 0. The Bertz CT molecular complexity index is 1870. The topological polar surface area (TPSA) is 82.2 Å². The van der Waals surface area contributed by atoms with Crippen LogP contribution in [0.2, 0.25) is 0 Å². The lowest BCUT2D eigenvalue weighted by atomic mass is 10.0. The maximum atomic E-state index is 11.1. The molecule has 7 nitrogen and oxygen atoms in total. The van der Waals surface area contributed by atoms with Gasteiger partial charge in [-0.25, -0.2) is 14.8 Å². The zero-order valence-corrected chi connectivity index (χ0v) is 22.8. The van der Waals surface area contributed by atoms with Gasteiger partial charge in [-0.1, -0.05) is 61.5 Å². The average molecular weight is 531 g/mol. The Labute approximate surface area is 232 Å². The van der Waals surface area contributed by atoms with Crippen molar-refractivity contribution >= 4 is 28.2 Å². The summed E-state index contributed by atoms with van der Waals surface area (Å²) in [7, 11) is 2.06. The molecular weight excluding hydrogens is 500 g/mol. The first-order chi connectivity index (χ1) is 19.4. The molecule has 0 aliphatic heterocycles. The largest absolute Gasteiger partial charge is 0.511 e. The van der Waals surface area contributed by atoms with Gasteiger partial charge in [0.25, 0.3) is 0 Å². The van der Waals surface area contributed by atoms with Crippen LogP contribution in [0.5, 0.6) is 5.75 Å². The first-order valence-electron chi connectivity index (χ1n) is 13.4. The highest BCUT2D eigenvalue weighted by Gasteiger charge is 2.17. The maximum Gasteiger partial charge on any atom is 0.511 e. The third-order valence-electron chi connectivity index (χ3n) is 7.33. The molecule has 6 aromatic rings. The standard InChI is InChI=1S/C33H30N4O3/c1-4-9-30-35-31-21(2)18-24(32-34-26-11-6-7-12-27(26)36(32)3)19-28(31)37(30)20-22-14-16-23(17-15-22)25-10-5-8-13-29(25)40-33(38)39/h5-8,10-19H,4,9,20H2,1-3H3,(H,38,39). The molecule has 0 radical (unpaired) electrons. The smallest absolute Gasteiger partial charge is 0.449 e. The van der Waals surface area contributed by atoms with Gasteiger partial charge in [0.05, 0.1) is 22.1 Å². The second-order valence-electron chi connectivity index (χ2n) is 10.1. The van der Waals surface area contributed by atoms with Gasteiger partial charge in [-0.2, -0.15) is 0 Å². The minimum absolute atomic E-state index is 0.318. The van der Waals surface area contributed by atoms with Crippen molar-refractivity contribution in [1.29, 1.82) is 0 Å².